The lowest BCUT2D eigenvalue weighted by molar-refractivity contribution is -0.143. The van der Waals surface area contributed by atoms with E-state index in [4.69, 9.17) is 15.9 Å². The van der Waals surface area contributed by atoms with Crippen molar-refractivity contribution >= 4 is 23.7 Å². The maximum atomic E-state index is 12.5. The van der Waals surface area contributed by atoms with Crippen molar-refractivity contribution in [2.75, 3.05) is 13.2 Å². The van der Waals surface area contributed by atoms with Crippen molar-refractivity contribution in [1.82, 2.24) is 16.0 Å². The standard InChI is InChI=1S/C18H26N4O7/c1-10(24)15(19)17(27)20-8-14(25)21-12(7-11-5-3-2-4-6-11)16(26)22-13(9-23)18(28)29/h2-6,10,12-13,15,23-24H,7-9,19H2,1H3,(H,20,27)(H,21,25)(H,22,26)(H,28,29)/t10-,12-,13-,15-/m0/s1. The van der Waals surface area contributed by atoms with Crippen molar-refractivity contribution in [2.24, 2.45) is 5.73 Å². The fourth-order valence-corrected chi connectivity index (χ4v) is 2.27. The first kappa shape index (κ1) is 24.0. The first-order valence-corrected chi connectivity index (χ1v) is 8.84. The van der Waals surface area contributed by atoms with Gasteiger partial charge in [-0.2, -0.15) is 0 Å². The van der Waals surface area contributed by atoms with Crippen molar-refractivity contribution in [1.29, 1.82) is 0 Å². The van der Waals surface area contributed by atoms with E-state index in [0.29, 0.717) is 5.56 Å². The van der Waals surface area contributed by atoms with Crippen LogP contribution in [0.5, 0.6) is 0 Å². The molecule has 1 rings (SSSR count). The van der Waals surface area contributed by atoms with Crippen LogP contribution in [0.1, 0.15) is 12.5 Å². The third-order valence-corrected chi connectivity index (χ3v) is 3.98. The van der Waals surface area contributed by atoms with Gasteiger partial charge in [0.05, 0.1) is 19.3 Å². The lowest BCUT2D eigenvalue weighted by Gasteiger charge is -2.21. The average Bonchev–Trinajstić information content (AvgIpc) is 2.69. The maximum Gasteiger partial charge on any atom is 0.328 e. The van der Waals surface area contributed by atoms with E-state index in [1.54, 1.807) is 30.3 Å². The SMILES string of the molecule is C[C@H](O)[C@H](N)C(=O)NCC(=O)N[C@@H](Cc1ccccc1)C(=O)N[C@@H](CO)C(=O)O. The Labute approximate surface area is 167 Å². The lowest BCUT2D eigenvalue weighted by atomic mass is 10.0. The van der Waals surface area contributed by atoms with Gasteiger partial charge in [-0.3, -0.25) is 14.4 Å². The van der Waals surface area contributed by atoms with Crippen LogP contribution in [0.25, 0.3) is 0 Å². The van der Waals surface area contributed by atoms with Crippen LogP contribution in [0.4, 0.5) is 0 Å². The van der Waals surface area contributed by atoms with Gasteiger partial charge in [-0.15, -0.1) is 0 Å². The van der Waals surface area contributed by atoms with E-state index in [1.807, 2.05) is 0 Å². The summed E-state index contributed by atoms with van der Waals surface area (Å²) >= 11 is 0. The summed E-state index contributed by atoms with van der Waals surface area (Å²) in [6, 6.07) is 4.78. The van der Waals surface area contributed by atoms with Crippen molar-refractivity contribution < 1.29 is 34.5 Å². The van der Waals surface area contributed by atoms with Crippen LogP contribution in [-0.2, 0) is 25.6 Å². The van der Waals surface area contributed by atoms with E-state index < -0.39 is 61.1 Å². The molecule has 0 aromatic heterocycles. The number of carboxylic acid groups (broad SMARTS) is 1. The molecule has 1 aromatic rings. The van der Waals surface area contributed by atoms with Crippen molar-refractivity contribution in [2.45, 2.75) is 37.6 Å². The molecule has 0 saturated carbocycles. The largest absolute Gasteiger partial charge is 0.480 e. The average molecular weight is 410 g/mol. The summed E-state index contributed by atoms with van der Waals surface area (Å²) in [5.74, 6) is -3.70. The minimum Gasteiger partial charge on any atom is -0.480 e. The molecule has 0 heterocycles. The predicted molar refractivity (Wildman–Crippen MR) is 101 cm³/mol. The molecule has 11 nitrogen and oxygen atoms in total. The zero-order valence-corrected chi connectivity index (χ0v) is 15.9. The van der Waals surface area contributed by atoms with E-state index in [1.165, 1.54) is 6.92 Å². The van der Waals surface area contributed by atoms with Gasteiger partial charge >= 0.3 is 5.97 Å². The number of hydrogen-bond donors (Lipinski definition) is 7. The molecule has 29 heavy (non-hydrogen) atoms. The van der Waals surface area contributed by atoms with Gasteiger partial charge in [-0.25, -0.2) is 4.79 Å². The van der Waals surface area contributed by atoms with Gasteiger partial charge in [0.25, 0.3) is 0 Å². The van der Waals surface area contributed by atoms with E-state index in [-0.39, 0.29) is 6.42 Å². The molecule has 0 unspecified atom stereocenters. The summed E-state index contributed by atoms with van der Waals surface area (Å²) in [6.07, 6.45) is -1.06. The molecule has 0 aliphatic carbocycles. The van der Waals surface area contributed by atoms with E-state index >= 15 is 0 Å². The second-order valence-corrected chi connectivity index (χ2v) is 6.38. The van der Waals surface area contributed by atoms with Gasteiger partial charge in [0, 0.05) is 6.42 Å². The van der Waals surface area contributed by atoms with Crippen LogP contribution in [-0.4, -0.2) is 76.4 Å². The number of nitrogens with two attached hydrogens (primary N) is 1. The van der Waals surface area contributed by atoms with Crippen molar-refractivity contribution in [3.05, 3.63) is 35.9 Å². The van der Waals surface area contributed by atoms with Gasteiger partial charge in [-0.05, 0) is 12.5 Å². The Morgan fingerprint density at radius 2 is 1.66 bits per heavy atom. The summed E-state index contributed by atoms with van der Waals surface area (Å²) in [5.41, 5.74) is 6.16. The number of aliphatic hydroxyl groups excluding tert-OH is 2. The summed E-state index contributed by atoms with van der Waals surface area (Å²) in [6.45, 7) is 0.00508. The van der Waals surface area contributed by atoms with Crippen LogP contribution < -0.4 is 21.7 Å². The molecule has 11 heteroatoms. The summed E-state index contributed by atoms with van der Waals surface area (Å²) in [7, 11) is 0. The van der Waals surface area contributed by atoms with E-state index in [2.05, 4.69) is 16.0 Å². The van der Waals surface area contributed by atoms with Crippen LogP contribution >= 0.6 is 0 Å². The first-order valence-electron chi connectivity index (χ1n) is 8.84. The zero-order chi connectivity index (χ0) is 22.0. The summed E-state index contributed by atoms with van der Waals surface area (Å²) < 4.78 is 0. The summed E-state index contributed by atoms with van der Waals surface area (Å²) in [5, 5.41) is 34.1. The molecule has 0 spiro atoms. The number of carboxylic acids is 1. The van der Waals surface area contributed by atoms with Gasteiger partial charge in [0.2, 0.25) is 17.7 Å². The molecule has 4 atom stereocenters. The van der Waals surface area contributed by atoms with Crippen molar-refractivity contribution in [3.63, 3.8) is 0 Å². The minimum absolute atomic E-state index is 0.0529. The monoisotopic (exact) mass is 410 g/mol. The summed E-state index contributed by atoms with van der Waals surface area (Å²) in [4.78, 5) is 47.3. The highest BCUT2D eigenvalue weighted by Gasteiger charge is 2.27. The van der Waals surface area contributed by atoms with Gasteiger partial charge in [-0.1, -0.05) is 30.3 Å². The highest BCUT2D eigenvalue weighted by Crippen LogP contribution is 2.04. The molecule has 3 amide bonds. The van der Waals surface area contributed by atoms with Crippen LogP contribution in [0.15, 0.2) is 30.3 Å². The predicted octanol–water partition coefficient (Wildman–Crippen LogP) is -2.90. The van der Waals surface area contributed by atoms with Crippen LogP contribution in [0, 0.1) is 0 Å². The second kappa shape index (κ2) is 11.7. The highest BCUT2D eigenvalue weighted by atomic mass is 16.4. The number of benzene rings is 1. The van der Waals surface area contributed by atoms with Gasteiger partial charge in [0.15, 0.2) is 0 Å². The number of nitrogens with one attached hydrogen (secondary N) is 3. The number of rotatable bonds is 11. The first-order chi connectivity index (χ1) is 13.6. The molecule has 0 radical (unpaired) electrons. The fourth-order valence-electron chi connectivity index (χ4n) is 2.27. The fraction of sp³-hybridized carbons (Fsp3) is 0.444. The van der Waals surface area contributed by atoms with Gasteiger partial charge in [0.1, 0.15) is 18.1 Å². The van der Waals surface area contributed by atoms with Crippen molar-refractivity contribution in [3.8, 4) is 0 Å². The second-order valence-electron chi connectivity index (χ2n) is 6.38. The van der Waals surface area contributed by atoms with Crippen LogP contribution in [0.2, 0.25) is 0 Å². The maximum absolute atomic E-state index is 12.5. The molecular formula is C18H26N4O7. The third kappa shape index (κ3) is 8.25. The Morgan fingerprint density at radius 1 is 1.03 bits per heavy atom. The Morgan fingerprint density at radius 3 is 2.17 bits per heavy atom. The van der Waals surface area contributed by atoms with E-state index in [9.17, 15) is 24.3 Å². The third-order valence-electron chi connectivity index (χ3n) is 3.98. The lowest BCUT2D eigenvalue weighted by Crippen LogP contribution is -2.55. The number of hydrogen-bond acceptors (Lipinski definition) is 7. The molecule has 0 bridgehead atoms. The quantitative estimate of drug-likeness (QED) is 0.202. The Kier molecular flexibility index (Phi) is 9.72. The highest BCUT2D eigenvalue weighted by molar-refractivity contribution is 5.92. The minimum atomic E-state index is -1.53. The normalized spacial score (nSPS) is 14.8. The Balaban J connectivity index is 2.80. The molecule has 8 N–H and O–H groups in total. The molecule has 160 valence electrons. The van der Waals surface area contributed by atoms with Gasteiger partial charge < -0.3 is 37.0 Å². The molecule has 1 aromatic carbocycles. The molecular weight excluding hydrogens is 384 g/mol. The number of carbonyl (C=O) groups excluding carboxylic acids is 3. The molecule has 0 saturated heterocycles. The molecule has 0 fully saturated rings. The number of aliphatic carboxylic acids is 1. The zero-order valence-electron chi connectivity index (χ0n) is 15.9. The Hall–Kier alpha value is -3.02. The van der Waals surface area contributed by atoms with E-state index in [0.717, 1.165) is 0 Å². The number of carbonyl (C=O) groups is 4. The molecule has 0 aliphatic rings. The smallest absolute Gasteiger partial charge is 0.328 e. The molecule has 0 aliphatic heterocycles. The van der Waals surface area contributed by atoms with Crippen LogP contribution in [0.3, 0.4) is 0 Å². The Bertz CT molecular complexity index is 711. The number of aliphatic hydroxyl groups is 2. The topological polar surface area (TPSA) is 191 Å². The number of amides is 3.